The molecule has 0 saturated carbocycles. The number of hydrogen-bond donors (Lipinski definition) is 0. The van der Waals surface area contributed by atoms with Crippen LogP contribution in [0.4, 0.5) is 0 Å². The molecule has 3 heteroatoms. The van der Waals surface area contributed by atoms with Crippen LogP contribution in [0.15, 0.2) is 144 Å². The van der Waals surface area contributed by atoms with Crippen molar-refractivity contribution in [3.05, 3.63) is 167 Å². The lowest BCUT2D eigenvalue weighted by atomic mass is 9.63. The summed E-state index contributed by atoms with van der Waals surface area (Å²) in [6, 6.07) is 28.7. The highest BCUT2D eigenvalue weighted by Gasteiger charge is 2.37. The van der Waals surface area contributed by atoms with E-state index in [2.05, 4.69) is 128 Å². The maximum Gasteiger partial charge on any atom is 0.164 e. The zero-order valence-corrected chi connectivity index (χ0v) is 29.6. The summed E-state index contributed by atoms with van der Waals surface area (Å²) in [5, 5.41) is 0. The third kappa shape index (κ3) is 6.24. The lowest BCUT2D eigenvalue weighted by Gasteiger charge is -2.41. The van der Waals surface area contributed by atoms with Crippen molar-refractivity contribution in [2.24, 2.45) is 5.41 Å². The van der Waals surface area contributed by atoms with Crippen LogP contribution in [0.5, 0.6) is 0 Å². The molecule has 4 aromatic rings. The van der Waals surface area contributed by atoms with Crippen molar-refractivity contribution in [1.29, 1.82) is 0 Å². The highest BCUT2D eigenvalue weighted by atomic mass is 15.0. The number of nitrogens with zero attached hydrogens (tertiary/aromatic N) is 3. The first kappa shape index (κ1) is 31.8. The molecule has 5 aliphatic carbocycles. The van der Waals surface area contributed by atoms with Crippen LogP contribution < -0.4 is 0 Å². The van der Waals surface area contributed by atoms with Gasteiger partial charge in [-0.2, -0.15) is 0 Å². The Labute approximate surface area is 302 Å². The normalized spacial score (nSPS) is 22.7. The maximum atomic E-state index is 5.25. The van der Waals surface area contributed by atoms with Gasteiger partial charge in [-0.15, -0.1) is 0 Å². The molecule has 0 radical (unpaired) electrons. The van der Waals surface area contributed by atoms with Crippen molar-refractivity contribution in [2.45, 2.75) is 77.0 Å². The van der Waals surface area contributed by atoms with E-state index in [1.54, 1.807) is 11.1 Å². The quantitative estimate of drug-likeness (QED) is 0.193. The van der Waals surface area contributed by atoms with Crippen molar-refractivity contribution in [1.82, 2.24) is 15.0 Å². The summed E-state index contributed by atoms with van der Waals surface area (Å²) in [7, 11) is 0. The molecule has 3 nitrogen and oxygen atoms in total. The number of hydrogen-bond acceptors (Lipinski definition) is 3. The Morgan fingerprint density at radius 1 is 0.627 bits per heavy atom. The van der Waals surface area contributed by atoms with E-state index >= 15 is 0 Å². The molecule has 1 aromatic heterocycles. The first-order chi connectivity index (χ1) is 25.1. The molecule has 0 N–H and O–H groups in total. The van der Waals surface area contributed by atoms with Gasteiger partial charge in [-0.3, -0.25) is 0 Å². The molecular weight excluding hydrogens is 619 g/mol. The van der Waals surface area contributed by atoms with Gasteiger partial charge in [0, 0.05) is 16.5 Å². The third-order valence-corrected chi connectivity index (χ3v) is 11.7. The van der Waals surface area contributed by atoms with Crippen molar-refractivity contribution >= 4 is 16.7 Å². The summed E-state index contributed by atoms with van der Waals surface area (Å²) in [5.74, 6) is 2.83. The van der Waals surface area contributed by atoms with E-state index in [1.807, 2.05) is 6.07 Å². The molecule has 1 heterocycles. The van der Waals surface area contributed by atoms with Gasteiger partial charge >= 0.3 is 0 Å². The summed E-state index contributed by atoms with van der Waals surface area (Å²) >= 11 is 0. The van der Waals surface area contributed by atoms with Gasteiger partial charge in [-0.25, -0.2) is 15.0 Å². The highest BCUT2D eigenvalue weighted by molar-refractivity contribution is 5.84. The Balaban J connectivity index is 1.22. The Bertz CT molecular complexity index is 2210. The van der Waals surface area contributed by atoms with Gasteiger partial charge in [0.05, 0.1) is 0 Å². The molecule has 252 valence electrons. The monoisotopic (exact) mass is 663 g/mol. The summed E-state index contributed by atoms with van der Waals surface area (Å²) in [5.41, 5.74) is 15.0. The predicted octanol–water partition coefficient (Wildman–Crippen LogP) is 12.5. The second kappa shape index (κ2) is 13.5. The average molecular weight is 664 g/mol. The fourth-order valence-corrected chi connectivity index (χ4v) is 8.97. The molecule has 5 aliphatic rings. The van der Waals surface area contributed by atoms with Gasteiger partial charge < -0.3 is 0 Å². The fourth-order valence-electron chi connectivity index (χ4n) is 8.97. The zero-order chi connectivity index (χ0) is 34.2. The van der Waals surface area contributed by atoms with Crippen LogP contribution in [0.25, 0.3) is 39.5 Å². The second-order valence-electron chi connectivity index (χ2n) is 15.1. The molecule has 9 rings (SSSR count). The first-order valence-electron chi connectivity index (χ1n) is 19.0. The third-order valence-electron chi connectivity index (χ3n) is 11.7. The lowest BCUT2D eigenvalue weighted by molar-refractivity contribution is 0.478. The van der Waals surface area contributed by atoms with E-state index in [4.69, 9.17) is 15.0 Å². The molecule has 0 bridgehead atoms. The van der Waals surface area contributed by atoms with E-state index in [0.29, 0.717) is 5.92 Å². The van der Waals surface area contributed by atoms with E-state index in [-0.39, 0.29) is 5.41 Å². The Morgan fingerprint density at radius 3 is 2.14 bits per heavy atom. The van der Waals surface area contributed by atoms with E-state index in [1.165, 1.54) is 39.0 Å². The van der Waals surface area contributed by atoms with Crippen molar-refractivity contribution in [2.75, 3.05) is 0 Å². The predicted molar refractivity (Wildman–Crippen MR) is 211 cm³/mol. The van der Waals surface area contributed by atoms with Gasteiger partial charge in [0.1, 0.15) is 0 Å². The van der Waals surface area contributed by atoms with Crippen LogP contribution in [0.3, 0.4) is 0 Å². The minimum atomic E-state index is 0.0407. The van der Waals surface area contributed by atoms with Gasteiger partial charge in [0.15, 0.2) is 17.5 Å². The Hall–Kier alpha value is -5.15. The minimum Gasteiger partial charge on any atom is -0.209 e. The number of fused-ring (bicyclic) bond motifs is 2. The second-order valence-corrected chi connectivity index (χ2v) is 15.1. The number of benzene rings is 3. The van der Waals surface area contributed by atoms with Crippen LogP contribution in [-0.2, 0) is 0 Å². The first-order valence-corrected chi connectivity index (χ1v) is 19.0. The van der Waals surface area contributed by atoms with Crippen molar-refractivity contribution in [3.8, 4) is 22.8 Å². The molecule has 2 atom stereocenters. The summed E-state index contributed by atoms with van der Waals surface area (Å²) in [6.07, 6.45) is 29.5. The summed E-state index contributed by atoms with van der Waals surface area (Å²) in [6.45, 7) is 2.46. The van der Waals surface area contributed by atoms with Crippen LogP contribution in [0, 0.1) is 5.41 Å². The topological polar surface area (TPSA) is 38.7 Å². The Morgan fingerprint density at radius 2 is 1.35 bits per heavy atom. The molecule has 51 heavy (non-hydrogen) atoms. The van der Waals surface area contributed by atoms with E-state index in [9.17, 15) is 0 Å². The average Bonchev–Trinajstić information content (AvgIpc) is 3.21. The maximum absolute atomic E-state index is 5.25. The molecule has 0 fully saturated rings. The molecule has 0 saturated heterocycles. The Kier molecular flexibility index (Phi) is 8.43. The van der Waals surface area contributed by atoms with E-state index in [0.717, 1.165) is 92.8 Å². The van der Waals surface area contributed by atoms with Crippen LogP contribution in [0.2, 0.25) is 0 Å². The molecule has 0 aliphatic heterocycles. The highest BCUT2D eigenvalue weighted by Crippen LogP contribution is 2.53. The fraction of sp³-hybridized carbons (Fsp3) is 0.271. The number of rotatable bonds is 6. The summed E-state index contributed by atoms with van der Waals surface area (Å²) in [4.78, 5) is 15.5. The van der Waals surface area contributed by atoms with Gasteiger partial charge in [0.2, 0.25) is 0 Å². The van der Waals surface area contributed by atoms with Crippen molar-refractivity contribution < 1.29 is 0 Å². The molecule has 3 aromatic carbocycles. The molecule has 2 unspecified atom stereocenters. The van der Waals surface area contributed by atoms with Crippen LogP contribution in [0.1, 0.15) is 99.6 Å². The number of allylic oxidation sites excluding steroid dienone is 14. The lowest BCUT2D eigenvalue weighted by Crippen LogP contribution is -2.26. The largest absolute Gasteiger partial charge is 0.209 e. The van der Waals surface area contributed by atoms with Gasteiger partial charge in [-0.05, 0) is 133 Å². The van der Waals surface area contributed by atoms with Crippen molar-refractivity contribution in [3.63, 3.8) is 0 Å². The molecular formula is C48H45N3. The smallest absolute Gasteiger partial charge is 0.164 e. The van der Waals surface area contributed by atoms with Crippen LogP contribution >= 0.6 is 0 Å². The minimum absolute atomic E-state index is 0.0407. The van der Waals surface area contributed by atoms with E-state index < -0.39 is 0 Å². The van der Waals surface area contributed by atoms with Gasteiger partial charge in [-0.1, -0.05) is 122 Å². The molecule has 0 spiro atoms. The van der Waals surface area contributed by atoms with Crippen LogP contribution in [-0.4, -0.2) is 15.0 Å². The number of aromatic nitrogens is 3. The zero-order valence-electron chi connectivity index (χ0n) is 29.6. The molecule has 0 amide bonds. The SMILES string of the molecule is CC12C=CCCC1=C1C=CCCC1=C(c1cc(C3=CCC(c4ccccc4)CC3)cc(-c3nc(C4=CC=CCC4)nc(-c4ccccc4)n3)c1)C2. The summed E-state index contributed by atoms with van der Waals surface area (Å²) < 4.78 is 0. The standard InChI is InChI=1S/C48H45N3/c1-48-28-14-13-23-44(48)42-22-12-11-21-41(42)43(32-48)39-29-38(35-26-24-34(25-27-35)33-15-5-2-6-16-33)30-40(31-39)47-50-45(36-17-7-3-8-18-36)49-46(51-47)37-19-9-4-10-20-37/h2-9,12,14-19,22,26,28-31,34H,10-11,13,20-21,23-25,27,32H2,1H3. The van der Waals surface area contributed by atoms with Gasteiger partial charge in [0.25, 0.3) is 0 Å².